The topological polar surface area (TPSA) is 93.1 Å². The molecule has 0 aliphatic heterocycles. The lowest BCUT2D eigenvalue weighted by atomic mass is 9.85. The minimum absolute atomic E-state index is 0.0527. The van der Waals surface area contributed by atoms with Gasteiger partial charge in [-0.25, -0.2) is 4.79 Å². The lowest BCUT2D eigenvalue weighted by Crippen LogP contribution is -2.26. The summed E-state index contributed by atoms with van der Waals surface area (Å²) in [5, 5.41) is 18.3. The molecule has 0 unspecified atom stereocenters. The average molecular weight is 282 g/mol. The smallest absolute Gasteiger partial charge is 0.339 e. The third-order valence-electron chi connectivity index (χ3n) is 2.99. The number of carboxylic acids is 2. The van der Waals surface area contributed by atoms with Crippen LogP contribution in [0.4, 0.5) is 0 Å². The highest BCUT2D eigenvalue weighted by Crippen LogP contribution is 2.34. The number of methoxy groups -OCH3 is 2. The molecule has 0 heterocycles. The lowest BCUT2D eigenvalue weighted by molar-refractivity contribution is -0.146. The number of ether oxygens (including phenoxy) is 2. The van der Waals surface area contributed by atoms with Crippen molar-refractivity contribution >= 4 is 11.9 Å². The number of carboxylic acid groups (broad SMARTS) is 2. The van der Waals surface area contributed by atoms with Crippen LogP contribution in [-0.4, -0.2) is 36.4 Å². The van der Waals surface area contributed by atoms with E-state index in [9.17, 15) is 14.7 Å². The van der Waals surface area contributed by atoms with Crippen LogP contribution in [0.2, 0.25) is 0 Å². The number of rotatable bonds is 6. The molecule has 0 aliphatic rings. The van der Waals surface area contributed by atoms with E-state index >= 15 is 0 Å². The van der Waals surface area contributed by atoms with Crippen LogP contribution in [0.25, 0.3) is 0 Å². The van der Waals surface area contributed by atoms with Crippen LogP contribution in [0, 0.1) is 5.41 Å². The van der Waals surface area contributed by atoms with Crippen LogP contribution in [0.5, 0.6) is 11.5 Å². The van der Waals surface area contributed by atoms with E-state index < -0.39 is 17.4 Å². The Balaban J connectivity index is 3.33. The van der Waals surface area contributed by atoms with Crippen molar-refractivity contribution in [2.75, 3.05) is 14.2 Å². The second kappa shape index (κ2) is 5.81. The predicted octanol–water partition coefficient (Wildman–Crippen LogP) is 2.06. The molecule has 1 aromatic carbocycles. The summed E-state index contributed by atoms with van der Waals surface area (Å²) in [6, 6.07) is 3.00. The SMILES string of the molecule is COc1cc(CC(C)(C)C(=O)O)cc(C(=O)O)c1OC. The second-order valence-electron chi connectivity index (χ2n) is 5.05. The minimum atomic E-state index is -1.16. The van der Waals surface area contributed by atoms with Crippen LogP contribution in [0.1, 0.15) is 29.8 Å². The van der Waals surface area contributed by atoms with Crippen molar-refractivity contribution < 1.29 is 29.3 Å². The summed E-state index contributed by atoms with van der Waals surface area (Å²) in [5.74, 6) is -1.72. The molecule has 0 fully saturated rings. The number of benzene rings is 1. The molecule has 0 saturated heterocycles. The van der Waals surface area contributed by atoms with Crippen LogP contribution < -0.4 is 9.47 Å². The molecule has 20 heavy (non-hydrogen) atoms. The zero-order valence-electron chi connectivity index (χ0n) is 11.9. The van der Waals surface area contributed by atoms with Crippen molar-refractivity contribution in [3.63, 3.8) is 0 Å². The molecule has 110 valence electrons. The van der Waals surface area contributed by atoms with Crippen molar-refractivity contribution in [3.8, 4) is 11.5 Å². The van der Waals surface area contributed by atoms with E-state index in [4.69, 9.17) is 14.6 Å². The molecule has 0 bridgehead atoms. The summed E-state index contributed by atoms with van der Waals surface area (Å²) < 4.78 is 10.1. The van der Waals surface area contributed by atoms with E-state index in [0.717, 1.165) is 0 Å². The summed E-state index contributed by atoms with van der Waals surface area (Å²) in [7, 11) is 2.75. The molecule has 2 N–H and O–H groups in total. The maximum absolute atomic E-state index is 11.2. The molecule has 0 amide bonds. The molecular formula is C14H18O6. The van der Waals surface area contributed by atoms with Crippen LogP contribution in [-0.2, 0) is 11.2 Å². The van der Waals surface area contributed by atoms with Gasteiger partial charge in [-0.3, -0.25) is 4.79 Å². The fraction of sp³-hybridized carbons (Fsp3) is 0.429. The van der Waals surface area contributed by atoms with Crippen LogP contribution in [0.15, 0.2) is 12.1 Å². The first-order valence-electron chi connectivity index (χ1n) is 5.94. The van der Waals surface area contributed by atoms with Gasteiger partial charge in [-0.05, 0) is 38.0 Å². The standard InChI is InChI=1S/C14H18O6/c1-14(2,13(17)18)7-8-5-9(12(15)16)11(20-4)10(6-8)19-3/h5-6H,7H2,1-4H3,(H,15,16)(H,17,18). The lowest BCUT2D eigenvalue weighted by Gasteiger charge is -2.20. The van der Waals surface area contributed by atoms with E-state index in [-0.39, 0.29) is 23.5 Å². The van der Waals surface area contributed by atoms with Crippen molar-refractivity contribution in [1.29, 1.82) is 0 Å². The van der Waals surface area contributed by atoms with Gasteiger partial charge in [0, 0.05) is 0 Å². The van der Waals surface area contributed by atoms with Crippen molar-refractivity contribution in [1.82, 2.24) is 0 Å². The van der Waals surface area contributed by atoms with Gasteiger partial charge >= 0.3 is 11.9 Å². The van der Waals surface area contributed by atoms with E-state index in [1.165, 1.54) is 20.3 Å². The molecule has 0 radical (unpaired) electrons. The molecule has 1 aromatic rings. The monoisotopic (exact) mass is 282 g/mol. The molecule has 0 aromatic heterocycles. The maximum atomic E-state index is 11.2. The summed E-state index contributed by atoms with van der Waals surface area (Å²) in [6.45, 7) is 3.15. The summed E-state index contributed by atoms with van der Waals surface area (Å²) in [6.07, 6.45) is 0.183. The molecule has 0 saturated carbocycles. The summed E-state index contributed by atoms with van der Waals surface area (Å²) >= 11 is 0. The number of hydrogen-bond donors (Lipinski definition) is 2. The first-order chi connectivity index (χ1) is 9.22. The minimum Gasteiger partial charge on any atom is -0.493 e. The third kappa shape index (κ3) is 3.20. The molecule has 1 rings (SSSR count). The Hall–Kier alpha value is -2.24. The summed E-state index contributed by atoms with van der Waals surface area (Å²) in [4.78, 5) is 22.4. The Morgan fingerprint density at radius 1 is 1.15 bits per heavy atom. The number of aromatic carboxylic acids is 1. The largest absolute Gasteiger partial charge is 0.493 e. The Labute approximate surface area is 116 Å². The maximum Gasteiger partial charge on any atom is 0.339 e. The average Bonchev–Trinajstić information content (AvgIpc) is 2.36. The van der Waals surface area contributed by atoms with Gasteiger partial charge in [-0.1, -0.05) is 0 Å². The van der Waals surface area contributed by atoms with E-state index in [1.54, 1.807) is 19.9 Å². The highest BCUT2D eigenvalue weighted by molar-refractivity contribution is 5.92. The van der Waals surface area contributed by atoms with Crippen molar-refractivity contribution in [3.05, 3.63) is 23.3 Å². The third-order valence-corrected chi connectivity index (χ3v) is 2.99. The van der Waals surface area contributed by atoms with E-state index in [0.29, 0.717) is 5.56 Å². The number of carbonyl (C=O) groups is 2. The molecule has 0 spiro atoms. The fourth-order valence-corrected chi connectivity index (χ4v) is 1.87. The van der Waals surface area contributed by atoms with Crippen molar-refractivity contribution in [2.24, 2.45) is 5.41 Å². The molecule has 0 aliphatic carbocycles. The Bertz CT molecular complexity index is 533. The summed E-state index contributed by atoms with van der Waals surface area (Å²) in [5.41, 5.74) is -0.495. The highest BCUT2D eigenvalue weighted by atomic mass is 16.5. The first-order valence-corrected chi connectivity index (χ1v) is 5.94. The van der Waals surface area contributed by atoms with Crippen molar-refractivity contribution in [2.45, 2.75) is 20.3 Å². The van der Waals surface area contributed by atoms with Gasteiger partial charge in [0.05, 0.1) is 19.6 Å². The van der Waals surface area contributed by atoms with E-state index in [2.05, 4.69) is 0 Å². The molecule has 6 heteroatoms. The number of aliphatic carboxylic acids is 1. The predicted molar refractivity (Wildman–Crippen MR) is 71.6 cm³/mol. The molecule has 0 atom stereocenters. The van der Waals surface area contributed by atoms with Crippen LogP contribution in [0.3, 0.4) is 0 Å². The van der Waals surface area contributed by atoms with Gasteiger partial charge in [0.25, 0.3) is 0 Å². The Morgan fingerprint density at radius 3 is 2.15 bits per heavy atom. The van der Waals surface area contributed by atoms with E-state index in [1.807, 2.05) is 0 Å². The number of hydrogen-bond acceptors (Lipinski definition) is 4. The second-order valence-corrected chi connectivity index (χ2v) is 5.05. The first kappa shape index (κ1) is 15.8. The van der Waals surface area contributed by atoms with Crippen LogP contribution >= 0.6 is 0 Å². The van der Waals surface area contributed by atoms with Gasteiger partial charge in [0.15, 0.2) is 11.5 Å². The quantitative estimate of drug-likeness (QED) is 0.829. The zero-order chi connectivity index (χ0) is 15.5. The Kier molecular flexibility index (Phi) is 4.60. The van der Waals surface area contributed by atoms with Gasteiger partial charge < -0.3 is 19.7 Å². The van der Waals surface area contributed by atoms with Gasteiger partial charge in [-0.15, -0.1) is 0 Å². The fourth-order valence-electron chi connectivity index (χ4n) is 1.87. The molecular weight excluding hydrogens is 264 g/mol. The Morgan fingerprint density at radius 2 is 1.75 bits per heavy atom. The highest BCUT2D eigenvalue weighted by Gasteiger charge is 2.29. The normalized spacial score (nSPS) is 11.0. The van der Waals surface area contributed by atoms with Gasteiger partial charge in [-0.2, -0.15) is 0 Å². The van der Waals surface area contributed by atoms with Gasteiger partial charge in [0.2, 0.25) is 0 Å². The zero-order valence-corrected chi connectivity index (χ0v) is 11.9. The molecule has 6 nitrogen and oxygen atoms in total. The van der Waals surface area contributed by atoms with Gasteiger partial charge in [0.1, 0.15) is 5.56 Å².